The van der Waals surface area contributed by atoms with E-state index in [1.807, 2.05) is 19.1 Å². The topological polar surface area (TPSA) is 65.9 Å². The first-order valence-corrected chi connectivity index (χ1v) is 6.49. The summed E-state index contributed by atoms with van der Waals surface area (Å²) >= 11 is 0. The van der Waals surface area contributed by atoms with E-state index in [1.54, 1.807) is 0 Å². The third kappa shape index (κ3) is 2.80. The van der Waals surface area contributed by atoms with Crippen molar-refractivity contribution >= 4 is 5.82 Å². The monoisotopic (exact) mass is 244 g/mol. The maximum Gasteiger partial charge on any atom is 0.130 e. The third-order valence-corrected chi connectivity index (χ3v) is 3.59. The largest absolute Gasteiger partial charge is 0.356 e. The molecule has 4 nitrogen and oxygen atoms in total. The average Bonchev–Trinajstić information content (AvgIpc) is 2.38. The lowest BCUT2D eigenvalue weighted by molar-refractivity contribution is 0.363. The van der Waals surface area contributed by atoms with Crippen LogP contribution in [0.25, 0.3) is 0 Å². The van der Waals surface area contributed by atoms with Crippen LogP contribution in [-0.4, -0.2) is 24.1 Å². The highest BCUT2D eigenvalue weighted by Crippen LogP contribution is 2.24. The first kappa shape index (κ1) is 12.8. The van der Waals surface area contributed by atoms with Gasteiger partial charge in [-0.25, -0.2) is 4.98 Å². The number of nitriles is 1. The maximum atomic E-state index is 9.01. The molecule has 1 fully saturated rings. The number of rotatable bonds is 2. The van der Waals surface area contributed by atoms with Crippen LogP contribution in [0.4, 0.5) is 5.82 Å². The highest BCUT2D eigenvalue weighted by Gasteiger charge is 2.23. The van der Waals surface area contributed by atoms with Crippen molar-refractivity contribution in [1.82, 2.24) is 4.98 Å². The number of hydrogen-bond donors (Lipinski definition) is 1. The SMILES string of the molecule is Cc1cc(C#N)cc(N2CCCC(C(C)N)C2)n1. The zero-order valence-electron chi connectivity index (χ0n) is 11.1. The molecule has 0 spiro atoms. The number of pyridine rings is 1. The summed E-state index contributed by atoms with van der Waals surface area (Å²) in [7, 11) is 0. The molecular formula is C14H20N4. The lowest BCUT2D eigenvalue weighted by Gasteiger charge is -2.35. The fourth-order valence-corrected chi connectivity index (χ4v) is 2.52. The molecule has 0 aromatic carbocycles. The first-order chi connectivity index (χ1) is 8.60. The van der Waals surface area contributed by atoms with Crippen LogP contribution in [-0.2, 0) is 0 Å². The Balaban J connectivity index is 2.21. The van der Waals surface area contributed by atoms with Crippen molar-refractivity contribution in [3.8, 4) is 6.07 Å². The summed E-state index contributed by atoms with van der Waals surface area (Å²) < 4.78 is 0. The third-order valence-electron chi connectivity index (χ3n) is 3.59. The summed E-state index contributed by atoms with van der Waals surface area (Å²) in [5.74, 6) is 1.43. The van der Waals surface area contributed by atoms with Gasteiger partial charge in [-0.2, -0.15) is 5.26 Å². The molecule has 1 aromatic heterocycles. The molecule has 0 saturated carbocycles. The van der Waals surface area contributed by atoms with E-state index < -0.39 is 0 Å². The lowest BCUT2D eigenvalue weighted by atomic mass is 9.92. The van der Waals surface area contributed by atoms with Gasteiger partial charge in [0.05, 0.1) is 11.6 Å². The molecule has 2 heterocycles. The van der Waals surface area contributed by atoms with E-state index in [2.05, 4.69) is 22.9 Å². The van der Waals surface area contributed by atoms with Gasteiger partial charge in [0.2, 0.25) is 0 Å². The molecule has 1 aromatic rings. The van der Waals surface area contributed by atoms with Crippen molar-refractivity contribution < 1.29 is 0 Å². The Morgan fingerprint density at radius 3 is 3.00 bits per heavy atom. The second kappa shape index (κ2) is 5.36. The van der Waals surface area contributed by atoms with Crippen LogP contribution >= 0.6 is 0 Å². The first-order valence-electron chi connectivity index (χ1n) is 6.49. The molecule has 0 bridgehead atoms. The van der Waals surface area contributed by atoms with Gasteiger partial charge in [0, 0.05) is 24.8 Å². The maximum absolute atomic E-state index is 9.01. The Hall–Kier alpha value is -1.60. The highest BCUT2D eigenvalue weighted by molar-refractivity contribution is 5.47. The molecule has 2 unspecified atom stereocenters. The van der Waals surface area contributed by atoms with E-state index >= 15 is 0 Å². The average molecular weight is 244 g/mol. The van der Waals surface area contributed by atoms with E-state index in [0.29, 0.717) is 11.5 Å². The van der Waals surface area contributed by atoms with Crippen molar-refractivity contribution in [1.29, 1.82) is 5.26 Å². The Bertz CT molecular complexity index is 461. The van der Waals surface area contributed by atoms with Gasteiger partial charge < -0.3 is 10.6 Å². The van der Waals surface area contributed by atoms with Gasteiger partial charge in [0.1, 0.15) is 5.82 Å². The van der Waals surface area contributed by atoms with Gasteiger partial charge >= 0.3 is 0 Å². The molecule has 0 radical (unpaired) electrons. The summed E-state index contributed by atoms with van der Waals surface area (Å²) in [5, 5.41) is 9.01. The number of nitrogens with two attached hydrogens (primary N) is 1. The van der Waals surface area contributed by atoms with E-state index in [1.165, 1.54) is 6.42 Å². The Morgan fingerprint density at radius 1 is 1.56 bits per heavy atom. The van der Waals surface area contributed by atoms with Crippen LogP contribution < -0.4 is 10.6 Å². The zero-order chi connectivity index (χ0) is 13.1. The molecular weight excluding hydrogens is 224 g/mol. The molecule has 1 aliphatic heterocycles. The highest BCUT2D eigenvalue weighted by atomic mass is 15.2. The fourth-order valence-electron chi connectivity index (χ4n) is 2.52. The van der Waals surface area contributed by atoms with Gasteiger partial charge in [-0.15, -0.1) is 0 Å². The van der Waals surface area contributed by atoms with Crippen molar-refractivity contribution in [2.75, 3.05) is 18.0 Å². The van der Waals surface area contributed by atoms with Crippen LogP contribution in [0.15, 0.2) is 12.1 Å². The minimum atomic E-state index is 0.216. The minimum absolute atomic E-state index is 0.216. The molecule has 1 saturated heterocycles. The van der Waals surface area contributed by atoms with Crippen molar-refractivity contribution in [3.63, 3.8) is 0 Å². The summed E-state index contributed by atoms with van der Waals surface area (Å²) in [6.45, 7) is 5.94. The second-order valence-corrected chi connectivity index (χ2v) is 5.17. The van der Waals surface area contributed by atoms with Crippen molar-refractivity contribution in [3.05, 3.63) is 23.4 Å². The van der Waals surface area contributed by atoms with Crippen LogP contribution in [0.2, 0.25) is 0 Å². The van der Waals surface area contributed by atoms with Crippen LogP contribution in [0, 0.1) is 24.2 Å². The summed E-state index contributed by atoms with van der Waals surface area (Å²) in [6, 6.07) is 6.09. The molecule has 4 heteroatoms. The number of aromatic nitrogens is 1. The minimum Gasteiger partial charge on any atom is -0.356 e. The normalized spacial score (nSPS) is 21.4. The second-order valence-electron chi connectivity index (χ2n) is 5.17. The Kier molecular flexibility index (Phi) is 3.83. The van der Waals surface area contributed by atoms with Gasteiger partial charge in [-0.05, 0) is 44.7 Å². The standard InChI is InChI=1S/C14H20N4/c1-10-6-12(8-15)7-14(17-10)18-5-3-4-13(9-18)11(2)16/h6-7,11,13H,3-5,9,16H2,1-2H3. The molecule has 96 valence electrons. The Morgan fingerprint density at radius 2 is 2.33 bits per heavy atom. The van der Waals surface area contributed by atoms with Crippen LogP contribution in [0.5, 0.6) is 0 Å². The molecule has 1 aliphatic rings. The van der Waals surface area contributed by atoms with Crippen LogP contribution in [0.1, 0.15) is 31.0 Å². The molecule has 0 amide bonds. The van der Waals surface area contributed by atoms with E-state index in [-0.39, 0.29) is 6.04 Å². The van der Waals surface area contributed by atoms with Crippen molar-refractivity contribution in [2.24, 2.45) is 11.7 Å². The van der Waals surface area contributed by atoms with E-state index in [0.717, 1.165) is 31.0 Å². The fraction of sp³-hybridized carbons (Fsp3) is 0.571. The lowest BCUT2D eigenvalue weighted by Crippen LogP contribution is -2.42. The molecule has 2 rings (SSSR count). The number of anilines is 1. The van der Waals surface area contributed by atoms with E-state index in [9.17, 15) is 0 Å². The predicted octanol–water partition coefficient (Wildman–Crippen LogP) is 1.83. The van der Waals surface area contributed by atoms with E-state index in [4.69, 9.17) is 11.0 Å². The smallest absolute Gasteiger partial charge is 0.130 e. The zero-order valence-corrected chi connectivity index (χ0v) is 11.1. The molecule has 0 aliphatic carbocycles. The summed E-state index contributed by atoms with van der Waals surface area (Å²) in [5.41, 5.74) is 7.57. The van der Waals surface area contributed by atoms with Crippen molar-refractivity contribution in [2.45, 2.75) is 32.7 Å². The van der Waals surface area contributed by atoms with Gasteiger partial charge in [0.25, 0.3) is 0 Å². The van der Waals surface area contributed by atoms with Gasteiger partial charge in [0.15, 0.2) is 0 Å². The number of piperidine rings is 1. The number of aryl methyl sites for hydroxylation is 1. The summed E-state index contributed by atoms with van der Waals surface area (Å²) in [6.07, 6.45) is 2.33. The Labute approximate surface area is 108 Å². The number of hydrogen-bond acceptors (Lipinski definition) is 4. The van der Waals surface area contributed by atoms with Gasteiger partial charge in [-0.3, -0.25) is 0 Å². The number of nitrogens with zero attached hydrogens (tertiary/aromatic N) is 3. The molecule has 18 heavy (non-hydrogen) atoms. The molecule has 2 atom stereocenters. The summed E-state index contributed by atoms with van der Waals surface area (Å²) in [4.78, 5) is 6.79. The quantitative estimate of drug-likeness (QED) is 0.862. The predicted molar refractivity (Wildman–Crippen MR) is 72.3 cm³/mol. The molecule has 2 N–H and O–H groups in total. The van der Waals surface area contributed by atoms with Crippen LogP contribution in [0.3, 0.4) is 0 Å². The van der Waals surface area contributed by atoms with Gasteiger partial charge in [-0.1, -0.05) is 0 Å².